The third kappa shape index (κ3) is 10.9. The maximum Gasteiger partial charge on any atom is 0.308 e. The third-order valence-corrected chi connectivity index (χ3v) is 5.08. The van der Waals surface area contributed by atoms with Crippen molar-refractivity contribution in [3.05, 3.63) is 42.5 Å². The van der Waals surface area contributed by atoms with Crippen molar-refractivity contribution >= 4 is 41.8 Å². The van der Waals surface area contributed by atoms with Crippen molar-refractivity contribution in [2.45, 2.75) is 48.5 Å². The minimum Gasteiger partial charge on any atom is -0.449 e. The summed E-state index contributed by atoms with van der Waals surface area (Å²) in [5.74, 6) is -8.48. The lowest BCUT2D eigenvalue weighted by atomic mass is 10.2. The molecule has 3 aromatic carbocycles. The standard InChI is InChI=1S/C32H28O16/c1-15(33)40-22-8-23(41-16(2)34)10-24(9-22)47-31-29(45-20(6)38)13-26(14-30(31)46-21(7)39)48-32-27(43-18(4)36)11-25(42-17(3)35)12-28(32)44-19(5)37/h8-14H,1-7H3. The molecule has 0 atom stereocenters. The number of carbonyl (C=O) groups is 7. The molecule has 0 aliphatic rings. The lowest BCUT2D eigenvalue weighted by Crippen LogP contribution is -2.09. The molecule has 0 fully saturated rings. The molecule has 16 nitrogen and oxygen atoms in total. The molecule has 0 saturated carbocycles. The van der Waals surface area contributed by atoms with Crippen molar-refractivity contribution in [1.82, 2.24) is 0 Å². The van der Waals surface area contributed by atoms with Gasteiger partial charge in [0.15, 0.2) is 23.0 Å². The van der Waals surface area contributed by atoms with Crippen LogP contribution >= 0.6 is 0 Å². The Morgan fingerprint density at radius 1 is 0.312 bits per heavy atom. The lowest BCUT2D eigenvalue weighted by molar-refractivity contribution is -0.133. The maximum absolute atomic E-state index is 12.2. The molecular formula is C32H28O16. The Morgan fingerprint density at radius 3 is 0.792 bits per heavy atom. The predicted octanol–water partition coefficient (Wildman–Crippen LogP) is 4.75. The van der Waals surface area contributed by atoms with Crippen LogP contribution in [0.25, 0.3) is 0 Å². The fourth-order valence-corrected chi connectivity index (χ4v) is 3.80. The highest BCUT2D eigenvalue weighted by Gasteiger charge is 2.25. The summed E-state index contributed by atoms with van der Waals surface area (Å²) in [4.78, 5) is 83.0. The average molecular weight is 669 g/mol. The summed E-state index contributed by atoms with van der Waals surface area (Å²) >= 11 is 0. The van der Waals surface area contributed by atoms with E-state index in [4.69, 9.17) is 42.6 Å². The van der Waals surface area contributed by atoms with Crippen LogP contribution in [0.2, 0.25) is 0 Å². The molecule has 0 bridgehead atoms. The molecule has 0 amide bonds. The number of ether oxygens (including phenoxy) is 9. The second kappa shape index (κ2) is 15.7. The van der Waals surface area contributed by atoms with Crippen LogP contribution in [0.1, 0.15) is 48.5 Å². The molecule has 0 spiro atoms. The summed E-state index contributed by atoms with van der Waals surface area (Å²) < 4.78 is 48.2. The van der Waals surface area contributed by atoms with Gasteiger partial charge in [0.05, 0.1) is 0 Å². The molecule has 0 aliphatic heterocycles. The number of rotatable bonds is 11. The fourth-order valence-electron chi connectivity index (χ4n) is 3.80. The highest BCUT2D eigenvalue weighted by atomic mass is 16.6. The normalized spacial score (nSPS) is 10.1. The van der Waals surface area contributed by atoms with Crippen LogP contribution in [0.15, 0.2) is 42.5 Å². The first-order valence-corrected chi connectivity index (χ1v) is 13.6. The molecule has 48 heavy (non-hydrogen) atoms. The molecule has 0 radical (unpaired) electrons. The summed E-state index contributed by atoms with van der Waals surface area (Å²) in [5.41, 5.74) is 0. The van der Waals surface area contributed by atoms with E-state index in [9.17, 15) is 33.6 Å². The number of carbonyl (C=O) groups excluding carboxylic acids is 7. The van der Waals surface area contributed by atoms with Crippen molar-refractivity contribution < 1.29 is 76.2 Å². The first-order valence-electron chi connectivity index (χ1n) is 13.6. The maximum atomic E-state index is 12.2. The lowest BCUT2D eigenvalue weighted by Gasteiger charge is -2.19. The van der Waals surface area contributed by atoms with Gasteiger partial charge in [-0.1, -0.05) is 0 Å². The first-order chi connectivity index (χ1) is 22.5. The summed E-state index contributed by atoms with van der Waals surface area (Å²) in [6, 6.07) is 8.15. The second-order valence-corrected chi connectivity index (χ2v) is 9.50. The summed E-state index contributed by atoms with van der Waals surface area (Å²) in [5, 5.41) is 0. The topological polar surface area (TPSA) is 203 Å². The van der Waals surface area contributed by atoms with Gasteiger partial charge in [-0.2, -0.15) is 0 Å². The molecule has 0 heterocycles. The molecule has 0 unspecified atom stereocenters. The Hall–Kier alpha value is -6.45. The third-order valence-electron chi connectivity index (χ3n) is 5.08. The monoisotopic (exact) mass is 668 g/mol. The zero-order chi connectivity index (χ0) is 35.7. The van der Waals surface area contributed by atoms with Crippen molar-refractivity contribution in [3.63, 3.8) is 0 Å². The zero-order valence-corrected chi connectivity index (χ0v) is 26.6. The van der Waals surface area contributed by atoms with E-state index in [1.165, 1.54) is 18.2 Å². The predicted molar refractivity (Wildman–Crippen MR) is 159 cm³/mol. The Balaban J connectivity index is 2.25. The Bertz CT molecular complexity index is 1700. The zero-order valence-electron chi connectivity index (χ0n) is 26.6. The van der Waals surface area contributed by atoms with E-state index in [0.29, 0.717) is 0 Å². The van der Waals surface area contributed by atoms with E-state index in [0.717, 1.165) is 72.7 Å². The summed E-state index contributed by atoms with van der Waals surface area (Å²) in [7, 11) is 0. The van der Waals surface area contributed by atoms with Gasteiger partial charge in [0, 0.05) is 90.9 Å². The molecule has 0 N–H and O–H groups in total. The minimum absolute atomic E-state index is 0.0903. The Morgan fingerprint density at radius 2 is 0.521 bits per heavy atom. The fraction of sp³-hybridized carbons (Fsp3) is 0.219. The number of esters is 7. The van der Waals surface area contributed by atoms with Crippen LogP contribution in [0.3, 0.4) is 0 Å². The van der Waals surface area contributed by atoms with E-state index in [-0.39, 0.29) is 63.2 Å². The van der Waals surface area contributed by atoms with Crippen molar-refractivity contribution in [2.24, 2.45) is 0 Å². The largest absolute Gasteiger partial charge is 0.449 e. The van der Waals surface area contributed by atoms with Gasteiger partial charge < -0.3 is 42.6 Å². The van der Waals surface area contributed by atoms with E-state index < -0.39 is 41.8 Å². The van der Waals surface area contributed by atoms with Crippen LogP contribution in [-0.2, 0) is 33.6 Å². The van der Waals surface area contributed by atoms with Gasteiger partial charge in [0.25, 0.3) is 0 Å². The molecule has 16 heteroatoms. The SMILES string of the molecule is CC(=O)Oc1cc(OC(C)=O)cc(Oc2c(OC(C)=O)cc(Oc3c(OC(C)=O)cc(OC(C)=O)cc3OC(C)=O)cc2OC(C)=O)c1. The Labute approximate surface area is 272 Å². The van der Waals surface area contributed by atoms with Gasteiger partial charge in [-0.15, -0.1) is 0 Å². The molecule has 0 saturated heterocycles. The van der Waals surface area contributed by atoms with Gasteiger partial charge in [0.1, 0.15) is 28.7 Å². The van der Waals surface area contributed by atoms with Gasteiger partial charge in [-0.05, 0) is 0 Å². The Kier molecular flexibility index (Phi) is 11.8. The van der Waals surface area contributed by atoms with Crippen molar-refractivity contribution in [3.8, 4) is 63.2 Å². The van der Waals surface area contributed by atoms with Gasteiger partial charge in [-0.3, -0.25) is 33.6 Å². The van der Waals surface area contributed by atoms with Crippen LogP contribution in [0.4, 0.5) is 0 Å². The van der Waals surface area contributed by atoms with Crippen molar-refractivity contribution in [1.29, 1.82) is 0 Å². The quantitative estimate of drug-likeness (QED) is 0.200. The van der Waals surface area contributed by atoms with E-state index >= 15 is 0 Å². The van der Waals surface area contributed by atoms with Crippen LogP contribution in [-0.4, -0.2) is 41.8 Å². The molecular weight excluding hydrogens is 640 g/mol. The number of hydrogen-bond acceptors (Lipinski definition) is 16. The molecule has 252 valence electrons. The second-order valence-electron chi connectivity index (χ2n) is 9.50. The molecule has 0 aromatic heterocycles. The number of hydrogen-bond donors (Lipinski definition) is 0. The van der Waals surface area contributed by atoms with Gasteiger partial charge in [-0.25, -0.2) is 0 Å². The van der Waals surface area contributed by atoms with E-state index in [2.05, 4.69) is 0 Å². The molecule has 3 aromatic rings. The van der Waals surface area contributed by atoms with Gasteiger partial charge >= 0.3 is 41.8 Å². The molecule has 3 rings (SSSR count). The minimum atomic E-state index is -0.855. The van der Waals surface area contributed by atoms with E-state index in [1.54, 1.807) is 0 Å². The van der Waals surface area contributed by atoms with Crippen LogP contribution in [0.5, 0.6) is 63.2 Å². The smallest absolute Gasteiger partial charge is 0.308 e. The summed E-state index contributed by atoms with van der Waals surface area (Å²) in [6.45, 7) is 7.66. The average Bonchev–Trinajstić information content (AvgIpc) is 2.90. The number of benzene rings is 3. The van der Waals surface area contributed by atoms with Crippen LogP contribution in [0, 0.1) is 0 Å². The summed E-state index contributed by atoms with van der Waals surface area (Å²) in [6.07, 6.45) is 0. The van der Waals surface area contributed by atoms with E-state index in [1.807, 2.05) is 0 Å². The molecule has 0 aliphatic carbocycles. The van der Waals surface area contributed by atoms with Crippen molar-refractivity contribution in [2.75, 3.05) is 0 Å². The first kappa shape index (κ1) is 36.0. The highest BCUT2D eigenvalue weighted by Crippen LogP contribution is 2.49. The van der Waals surface area contributed by atoms with Crippen LogP contribution < -0.4 is 42.6 Å². The van der Waals surface area contributed by atoms with Gasteiger partial charge in [0.2, 0.25) is 11.5 Å². The highest BCUT2D eigenvalue weighted by molar-refractivity contribution is 5.78.